The minimum absolute atomic E-state index is 0.0204. The molecule has 2 aromatic carbocycles. The Morgan fingerprint density at radius 1 is 1.11 bits per heavy atom. The van der Waals surface area contributed by atoms with Crippen LogP contribution in [-0.4, -0.2) is 4.92 Å². The third-order valence-corrected chi connectivity index (χ3v) is 3.01. The molecule has 4 nitrogen and oxygen atoms in total. The molecular formula is C13H9Cl2NO3. The van der Waals surface area contributed by atoms with Gasteiger partial charge in [-0.3, -0.25) is 10.1 Å². The SMILES string of the molecule is Cc1cc([N+](=O)[O-])ccc1Oc1ccc(Cl)cc1Cl. The number of ether oxygens (including phenoxy) is 1. The van der Waals surface area contributed by atoms with Crippen molar-refractivity contribution in [2.24, 2.45) is 0 Å². The molecule has 0 aliphatic heterocycles. The van der Waals surface area contributed by atoms with Gasteiger partial charge >= 0.3 is 0 Å². The smallest absolute Gasteiger partial charge is 0.269 e. The van der Waals surface area contributed by atoms with Crippen LogP contribution in [0.5, 0.6) is 11.5 Å². The molecule has 0 fully saturated rings. The zero-order chi connectivity index (χ0) is 14.0. The highest BCUT2D eigenvalue weighted by molar-refractivity contribution is 6.35. The highest BCUT2D eigenvalue weighted by atomic mass is 35.5. The van der Waals surface area contributed by atoms with Gasteiger partial charge in [-0.15, -0.1) is 0 Å². The molecule has 0 heterocycles. The van der Waals surface area contributed by atoms with Crippen LogP contribution in [0.4, 0.5) is 5.69 Å². The Labute approximate surface area is 119 Å². The number of nitro groups is 1. The lowest BCUT2D eigenvalue weighted by Gasteiger charge is -2.10. The van der Waals surface area contributed by atoms with Crippen molar-refractivity contribution in [1.29, 1.82) is 0 Å². The summed E-state index contributed by atoms with van der Waals surface area (Å²) in [7, 11) is 0. The molecule has 0 amide bonds. The normalized spacial score (nSPS) is 10.3. The Kier molecular flexibility index (Phi) is 3.93. The van der Waals surface area contributed by atoms with Gasteiger partial charge in [-0.25, -0.2) is 0 Å². The Morgan fingerprint density at radius 2 is 1.79 bits per heavy atom. The lowest BCUT2D eigenvalue weighted by molar-refractivity contribution is -0.384. The van der Waals surface area contributed by atoms with Crippen molar-refractivity contribution in [1.82, 2.24) is 0 Å². The summed E-state index contributed by atoms with van der Waals surface area (Å²) in [4.78, 5) is 10.2. The minimum Gasteiger partial charge on any atom is -0.456 e. The third kappa shape index (κ3) is 3.16. The van der Waals surface area contributed by atoms with Gasteiger partial charge in [0.05, 0.1) is 9.95 Å². The molecule has 2 rings (SSSR count). The highest BCUT2D eigenvalue weighted by Crippen LogP contribution is 2.33. The fourth-order valence-electron chi connectivity index (χ4n) is 1.54. The van der Waals surface area contributed by atoms with Crippen LogP contribution in [0.15, 0.2) is 36.4 Å². The molecule has 98 valence electrons. The zero-order valence-corrected chi connectivity index (χ0v) is 11.4. The number of non-ortho nitro benzene ring substituents is 1. The first-order chi connectivity index (χ1) is 8.97. The lowest BCUT2D eigenvalue weighted by Crippen LogP contribution is -1.92. The molecular weight excluding hydrogens is 289 g/mol. The molecule has 0 aliphatic carbocycles. The van der Waals surface area contributed by atoms with Crippen LogP contribution in [0.3, 0.4) is 0 Å². The van der Waals surface area contributed by atoms with Gasteiger partial charge in [0.25, 0.3) is 5.69 Å². The van der Waals surface area contributed by atoms with Crippen molar-refractivity contribution in [3.63, 3.8) is 0 Å². The average molecular weight is 298 g/mol. The number of hydrogen-bond acceptors (Lipinski definition) is 3. The van der Waals surface area contributed by atoms with Gasteiger partial charge in [0.2, 0.25) is 0 Å². The van der Waals surface area contributed by atoms with Gasteiger partial charge in [0.15, 0.2) is 0 Å². The Balaban J connectivity index is 2.31. The third-order valence-electron chi connectivity index (χ3n) is 2.48. The van der Waals surface area contributed by atoms with Crippen molar-refractivity contribution >= 4 is 28.9 Å². The number of rotatable bonds is 3. The van der Waals surface area contributed by atoms with E-state index in [-0.39, 0.29) is 5.69 Å². The van der Waals surface area contributed by atoms with Crippen LogP contribution in [-0.2, 0) is 0 Å². The largest absolute Gasteiger partial charge is 0.456 e. The molecule has 0 radical (unpaired) electrons. The molecule has 0 spiro atoms. The quantitative estimate of drug-likeness (QED) is 0.591. The van der Waals surface area contributed by atoms with Gasteiger partial charge in [0.1, 0.15) is 11.5 Å². The Hall–Kier alpha value is -1.78. The number of benzene rings is 2. The summed E-state index contributed by atoms with van der Waals surface area (Å²) in [6.45, 7) is 1.73. The molecule has 0 unspecified atom stereocenters. The first kappa shape index (κ1) is 13.6. The van der Waals surface area contributed by atoms with Crippen LogP contribution in [0, 0.1) is 17.0 Å². The summed E-state index contributed by atoms with van der Waals surface area (Å²) < 4.78 is 5.62. The molecule has 6 heteroatoms. The summed E-state index contributed by atoms with van der Waals surface area (Å²) in [5.41, 5.74) is 0.673. The number of nitro benzene ring substituents is 1. The van der Waals surface area contributed by atoms with E-state index in [0.29, 0.717) is 27.1 Å². The predicted octanol–water partition coefficient (Wildman–Crippen LogP) is 5.00. The number of aryl methyl sites for hydroxylation is 1. The Morgan fingerprint density at radius 3 is 2.37 bits per heavy atom. The van der Waals surface area contributed by atoms with E-state index in [0.717, 1.165) is 0 Å². The fourth-order valence-corrected chi connectivity index (χ4v) is 1.99. The second-order valence-corrected chi connectivity index (χ2v) is 4.73. The van der Waals surface area contributed by atoms with E-state index in [1.807, 2.05) is 0 Å². The fraction of sp³-hybridized carbons (Fsp3) is 0.0769. The lowest BCUT2D eigenvalue weighted by atomic mass is 10.2. The van der Waals surface area contributed by atoms with Gasteiger partial charge in [-0.1, -0.05) is 23.2 Å². The van der Waals surface area contributed by atoms with E-state index in [9.17, 15) is 10.1 Å². The van der Waals surface area contributed by atoms with Crippen LogP contribution in [0.2, 0.25) is 10.0 Å². The second kappa shape index (κ2) is 5.47. The van der Waals surface area contributed by atoms with Crippen LogP contribution in [0.1, 0.15) is 5.56 Å². The van der Waals surface area contributed by atoms with E-state index in [4.69, 9.17) is 27.9 Å². The molecule has 2 aromatic rings. The van der Waals surface area contributed by atoms with Crippen LogP contribution in [0.25, 0.3) is 0 Å². The predicted molar refractivity (Wildman–Crippen MR) is 74.4 cm³/mol. The molecule has 0 atom stereocenters. The number of nitrogens with zero attached hydrogens (tertiary/aromatic N) is 1. The summed E-state index contributed by atoms with van der Waals surface area (Å²) >= 11 is 11.8. The highest BCUT2D eigenvalue weighted by Gasteiger charge is 2.11. The van der Waals surface area contributed by atoms with Crippen molar-refractivity contribution in [2.75, 3.05) is 0 Å². The Bertz CT molecular complexity index is 644. The summed E-state index contributed by atoms with van der Waals surface area (Å²) in [6.07, 6.45) is 0. The van der Waals surface area contributed by atoms with Crippen LogP contribution >= 0.6 is 23.2 Å². The monoisotopic (exact) mass is 297 g/mol. The van der Waals surface area contributed by atoms with E-state index in [2.05, 4.69) is 0 Å². The number of hydrogen-bond donors (Lipinski definition) is 0. The van der Waals surface area contributed by atoms with E-state index < -0.39 is 4.92 Å². The van der Waals surface area contributed by atoms with Crippen LogP contribution < -0.4 is 4.74 Å². The maximum Gasteiger partial charge on any atom is 0.269 e. The molecule has 0 N–H and O–H groups in total. The van der Waals surface area contributed by atoms with Crippen molar-refractivity contribution in [2.45, 2.75) is 6.92 Å². The molecule has 0 bridgehead atoms. The number of halogens is 2. The minimum atomic E-state index is -0.452. The summed E-state index contributed by atoms with van der Waals surface area (Å²) in [5, 5.41) is 11.5. The topological polar surface area (TPSA) is 52.4 Å². The van der Waals surface area contributed by atoms with Crippen molar-refractivity contribution < 1.29 is 9.66 Å². The molecule has 19 heavy (non-hydrogen) atoms. The molecule has 0 saturated heterocycles. The van der Waals surface area contributed by atoms with Gasteiger partial charge in [0, 0.05) is 17.2 Å². The van der Waals surface area contributed by atoms with E-state index >= 15 is 0 Å². The average Bonchev–Trinajstić information content (AvgIpc) is 2.34. The van der Waals surface area contributed by atoms with Crippen molar-refractivity contribution in [3.8, 4) is 11.5 Å². The summed E-state index contributed by atoms with van der Waals surface area (Å²) in [5.74, 6) is 0.956. The van der Waals surface area contributed by atoms with Gasteiger partial charge < -0.3 is 4.74 Å². The van der Waals surface area contributed by atoms with Crippen molar-refractivity contribution in [3.05, 3.63) is 62.1 Å². The maximum atomic E-state index is 10.6. The first-order valence-corrected chi connectivity index (χ1v) is 6.11. The molecule has 0 aliphatic rings. The second-order valence-electron chi connectivity index (χ2n) is 3.88. The zero-order valence-electron chi connectivity index (χ0n) is 9.89. The molecule has 0 saturated carbocycles. The standard InChI is InChI=1S/C13H9Cl2NO3/c1-8-6-10(16(17)18)3-5-12(8)19-13-4-2-9(14)7-11(13)15/h2-7H,1H3. The van der Waals surface area contributed by atoms with E-state index in [1.165, 1.54) is 12.1 Å². The van der Waals surface area contributed by atoms with Gasteiger partial charge in [-0.2, -0.15) is 0 Å². The molecule has 0 aromatic heterocycles. The maximum absolute atomic E-state index is 10.6. The van der Waals surface area contributed by atoms with Gasteiger partial charge in [-0.05, 0) is 36.8 Å². The first-order valence-electron chi connectivity index (χ1n) is 5.35. The summed E-state index contributed by atoms with van der Waals surface area (Å²) in [6, 6.07) is 9.23. The van der Waals surface area contributed by atoms with E-state index in [1.54, 1.807) is 31.2 Å².